The Morgan fingerprint density at radius 1 is 0.952 bits per heavy atom. The van der Waals surface area contributed by atoms with Crippen LogP contribution >= 0.6 is 0 Å². The summed E-state index contributed by atoms with van der Waals surface area (Å²) in [6, 6.07) is 9.83. The Balaban J connectivity index is 2.32. The summed E-state index contributed by atoms with van der Waals surface area (Å²) < 4.78 is 5.14. The van der Waals surface area contributed by atoms with Crippen molar-refractivity contribution in [3.63, 3.8) is 0 Å². The molecule has 0 aliphatic rings. The smallest absolute Gasteiger partial charge is 0.167 e. The number of carbonyl (C=O) groups excluding carboxylic acids is 1. The summed E-state index contributed by atoms with van der Waals surface area (Å²) in [6.07, 6.45) is 0.425. The number of benzene rings is 2. The van der Waals surface area contributed by atoms with Crippen LogP contribution in [-0.2, 0) is 6.42 Å². The van der Waals surface area contributed by atoms with Crippen molar-refractivity contribution in [3.05, 3.63) is 63.7 Å². The normalized spacial score (nSPS) is 10.5. The van der Waals surface area contributed by atoms with Gasteiger partial charge in [-0.3, -0.25) is 4.79 Å². The highest BCUT2D eigenvalue weighted by atomic mass is 16.5. The molecule has 0 atom stereocenters. The van der Waals surface area contributed by atoms with Crippen LogP contribution in [-0.4, -0.2) is 12.9 Å². The fraction of sp³-hybridized carbons (Fsp3) is 0.316. The molecule has 0 spiro atoms. The summed E-state index contributed by atoms with van der Waals surface area (Å²) >= 11 is 0. The molecule has 0 unspecified atom stereocenters. The molecule has 2 nitrogen and oxygen atoms in total. The molecule has 0 amide bonds. The molecule has 0 bridgehead atoms. The lowest BCUT2D eigenvalue weighted by molar-refractivity contribution is 0.0991. The van der Waals surface area contributed by atoms with Crippen LogP contribution in [0.5, 0.6) is 5.75 Å². The van der Waals surface area contributed by atoms with Gasteiger partial charge in [0.15, 0.2) is 5.78 Å². The Morgan fingerprint density at radius 3 is 1.95 bits per heavy atom. The van der Waals surface area contributed by atoms with E-state index in [1.165, 1.54) is 11.1 Å². The van der Waals surface area contributed by atoms with Crippen molar-refractivity contribution in [1.82, 2.24) is 0 Å². The van der Waals surface area contributed by atoms with E-state index in [4.69, 9.17) is 4.74 Å². The molecule has 0 saturated carbocycles. The Morgan fingerprint density at radius 2 is 1.48 bits per heavy atom. The first-order valence-electron chi connectivity index (χ1n) is 7.17. The van der Waals surface area contributed by atoms with E-state index in [1.807, 2.05) is 38.1 Å². The van der Waals surface area contributed by atoms with Crippen molar-refractivity contribution in [2.24, 2.45) is 0 Å². The molecule has 2 rings (SSSR count). The number of Topliss-reactive ketones (excluding diaryl/α,β-unsaturated/α-hetero) is 1. The Labute approximate surface area is 126 Å². The van der Waals surface area contributed by atoms with Gasteiger partial charge < -0.3 is 4.74 Å². The largest absolute Gasteiger partial charge is 0.497 e. The first kappa shape index (κ1) is 15.3. The third-order valence-electron chi connectivity index (χ3n) is 4.17. The zero-order valence-corrected chi connectivity index (χ0v) is 13.4. The maximum atomic E-state index is 12.7. The molecule has 2 aromatic rings. The van der Waals surface area contributed by atoms with Gasteiger partial charge in [0.1, 0.15) is 5.75 Å². The van der Waals surface area contributed by atoms with Gasteiger partial charge in [0.25, 0.3) is 0 Å². The molecule has 0 N–H and O–H groups in total. The molecule has 0 aromatic heterocycles. The third-order valence-corrected chi connectivity index (χ3v) is 4.17. The van der Waals surface area contributed by atoms with E-state index < -0.39 is 0 Å². The van der Waals surface area contributed by atoms with Gasteiger partial charge in [-0.25, -0.2) is 0 Å². The number of aryl methyl sites for hydroxylation is 2. The maximum absolute atomic E-state index is 12.7. The number of methoxy groups -OCH3 is 1. The van der Waals surface area contributed by atoms with Crippen molar-refractivity contribution in [3.8, 4) is 5.75 Å². The summed E-state index contributed by atoms with van der Waals surface area (Å²) in [5.41, 5.74) is 6.43. The number of rotatable bonds is 4. The van der Waals surface area contributed by atoms with Crippen molar-refractivity contribution >= 4 is 5.78 Å². The second-order valence-corrected chi connectivity index (χ2v) is 5.58. The zero-order chi connectivity index (χ0) is 15.6. The summed E-state index contributed by atoms with van der Waals surface area (Å²) in [7, 11) is 1.64. The van der Waals surface area contributed by atoms with Crippen molar-refractivity contribution < 1.29 is 9.53 Å². The molecule has 0 aliphatic heterocycles. The quantitative estimate of drug-likeness (QED) is 0.779. The zero-order valence-electron chi connectivity index (χ0n) is 13.4. The first-order valence-corrected chi connectivity index (χ1v) is 7.17. The van der Waals surface area contributed by atoms with Crippen LogP contribution in [0, 0.1) is 27.7 Å². The van der Waals surface area contributed by atoms with Crippen molar-refractivity contribution in [2.45, 2.75) is 34.1 Å². The predicted octanol–water partition coefficient (Wildman–Crippen LogP) is 4.35. The van der Waals surface area contributed by atoms with Crippen LogP contribution < -0.4 is 4.74 Å². The Bertz CT molecular complexity index is 641. The van der Waals surface area contributed by atoms with Gasteiger partial charge in [0.05, 0.1) is 7.11 Å². The number of hydrogen-bond donors (Lipinski definition) is 0. The van der Waals surface area contributed by atoms with Crippen LogP contribution in [0.1, 0.15) is 38.2 Å². The summed E-state index contributed by atoms with van der Waals surface area (Å²) in [4.78, 5) is 12.7. The molecule has 2 heteroatoms. The van der Waals surface area contributed by atoms with E-state index in [1.54, 1.807) is 7.11 Å². The second kappa shape index (κ2) is 6.13. The molecule has 110 valence electrons. The number of carbonyl (C=O) groups is 1. The lowest BCUT2D eigenvalue weighted by Crippen LogP contribution is -2.10. The molecular weight excluding hydrogens is 260 g/mol. The molecule has 2 aromatic carbocycles. The van der Waals surface area contributed by atoms with E-state index in [-0.39, 0.29) is 5.78 Å². The monoisotopic (exact) mass is 282 g/mol. The van der Waals surface area contributed by atoms with E-state index in [0.29, 0.717) is 6.42 Å². The van der Waals surface area contributed by atoms with Crippen LogP contribution in [0.2, 0.25) is 0 Å². The minimum Gasteiger partial charge on any atom is -0.497 e. The minimum absolute atomic E-state index is 0.182. The fourth-order valence-corrected chi connectivity index (χ4v) is 2.65. The highest BCUT2D eigenvalue weighted by Crippen LogP contribution is 2.23. The number of ketones is 1. The highest BCUT2D eigenvalue weighted by molar-refractivity contribution is 6.00. The van der Waals surface area contributed by atoms with Crippen molar-refractivity contribution in [2.75, 3.05) is 7.11 Å². The van der Waals surface area contributed by atoms with E-state index in [9.17, 15) is 4.79 Å². The maximum Gasteiger partial charge on any atom is 0.167 e. The Kier molecular flexibility index (Phi) is 4.46. The molecule has 0 heterocycles. The highest BCUT2D eigenvalue weighted by Gasteiger charge is 2.16. The van der Waals surface area contributed by atoms with Gasteiger partial charge >= 0.3 is 0 Å². The summed E-state index contributed by atoms with van der Waals surface area (Å²) in [5, 5.41) is 0. The van der Waals surface area contributed by atoms with Gasteiger partial charge in [0, 0.05) is 12.0 Å². The number of ether oxygens (including phenoxy) is 1. The summed E-state index contributed by atoms with van der Waals surface area (Å²) in [6.45, 7) is 8.18. The van der Waals surface area contributed by atoms with E-state index in [0.717, 1.165) is 28.0 Å². The summed E-state index contributed by atoms with van der Waals surface area (Å²) in [5.74, 6) is 0.993. The van der Waals surface area contributed by atoms with E-state index in [2.05, 4.69) is 19.9 Å². The predicted molar refractivity (Wildman–Crippen MR) is 86.4 cm³/mol. The molecule has 0 radical (unpaired) electrons. The average Bonchev–Trinajstić information content (AvgIpc) is 2.46. The van der Waals surface area contributed by atoms with Gasteiger partial charge in [-0.2, -0.15) is 0 Å². The topological polar surface area (TPSA) is 26.3 Å². The van der Waals surface area contributed by atoms with E-state index >= 15 is 0 Å². The Hall–Kier alpha value is -2.09. The second-order valence-electron chi connectivity index (χ2n) is 5.58. The van der Waals surface area contributed by atoms with Crippen molar-refractivity contribution in [1.29, 1.82) is 0 Å². The van der Waals surface area contributed by atoms with Gasteiger partial charge in [0.2, 0.25) is 0 Å². The van der Waals surface area contributed by atoms with Crippen LogP contribution in [0.25, 0.3) is 0 Å². The molecule has 0 saturated heterocycles. The first-order chi connectivity index (χ1) is 9.93. The average molecular weight is 282 g/mol. The standard InChI is InChI=1S/C19H22O2/c1-12-10-13(2)15(4)19(14(12)3)18(20)11-16-6-8-17(21-5)9-7-16/h6-10H,11H2,1-5H3. The van der Waals surface area contributed by atoms with Crippen LogP contribution in [0.3, 0.4) is 0 Å². The van der Waals surface area contributed by atoms with Crippen LogP contribution in [0.4, 0.5) is 0 Å². The van der Waals surface area contributed by atoms with Gasteiger partial charge in [-0.15, -0.1) is 0 Å². The fourth-order valence-electron chi connectivity index (χ4n) is 2.65. The third kappa shape index (κ3) is 3.15. The van der Waals surface area contributed by atoms with Crippen LogP contribution in [0.15, 0.2) is 30.3 Å². The van der Waals surface area contributed by atoms with Gasteiger partial charge in [-0.05, 0) is 67.6 Å². The number of hydrogen-bond acceptors (Lipinski definition) is 2. The molecular formula is C19H22O2. The van der Waals surface area contributed by atoms with Gasteiger partial charge in [-0.1, -0.05) is 18.2 Å². The lowest BCUT2D eigenvalue weighted by atomic mass is 9.89. The molecule has 0 aliphatic carbocycles. The minimum atomic E-state index is 0.182. The lowest BCUT2D eigenvalue weighted by Gasteiger charge is -2.14. The molecule has 21 heavy (non-hydrogen) atoms. The molecule has 0 fully saturated rings. The SMILES string of the molecule is COc1ccc(CC(=O)c2c(C)c(C)cc(C)c2C)cc1.